The first kappa shape index (κ1) is 15.8. The van der Waals surface area contributed by atoms with Gasteiger partial charge >= 0.3 is 12.3 Å². The number of aromatic amines is 1. The van der Waals surface area contributed by atoms with E-state index in [4.69, 9.17) is 5.73 Å². The van der Waals surface area contributed by atoms with Crippen LogP contribution in [0.5, 0.6) is 5.75 Å². The maximum absolute atomic E-state index is 12.8. The van der Waals surface area contributed by atoms with Crippen LogP contribution in [-0.2, 0) is 0 Å². The highest BCUT2D eigenvalue weighted by molar-refractivity contribution is 5.83. The lowest BCUT2D eigenvalue weighted by molar-refractivity contribution is -0.360. The Morgan fingerprint density at radius 3 is 2.38 bits per heavy atom. The summed E-state index contributed by atoms with van der Waals surface area (Å²) in [5.41, 5.74) is 6.39. The van der Waals surface area contributed by atoms with Crippen LogP contribution in [0.25, 0.3) is 22.7 Å². The van der Waals surface area contributed by atoms with E-state index in [2.05, 4.69) is 29.7 Å². The molecule has 0 saturated carbocycles. The number of alkyl halides is 5. The Hall–Kier alpha value is -3.05. The second-order valence-corrected chi connectivity index (χ2v) is 4.54. The molecule has 126 valence electrons. The minimum atomic E-state index is -5.83. The van der Waals surface area contributed by atoms with Gasteiger partial charge in [-0.15, -0.1) is 0 Å². The molecule has 0 spiro atoms. The Morgan fingerprint density at radius 2 is 1.79 bits per heavy atom. The molecule has 3 rings (SSSR count). The van der Waals surface area contributed by atoms with E-state index in [0.717, 1.165) is 18.3 Å². The van der Waals surface area contributed by atoms with Gasteiger partial charge in [0.1, 0.15) is 23.3 Å². The molecule has 0 amide bonds. The predicted octanol–water partition coefficient (Wildman–Crippen LogP) is 2.53. The number of imidazole rings is 1. The molecular formula is C12H7F5N6O. The molecule has 0 aliphatic rings. The fourth-order valence-corrected chi connectivity index (χ4v) is 1.75. The topological polar surface area (TPSA) is 103 Å². The summed E-state index contributed by atoms with van der Waals surface area (Å²) in [5, 5.41) is 0. The molecule has 0 aliphatic heterocycles. The van der Waals surface area contributed by atoms with Crippen molar-refractivity contribution in [2.24, 2.45) is 0 Å². The summed E-state index contributed by atoms with van der Waals surface area (Å²) in [4.78, 5) is 18.2. The number of pyridine rings is 1. The van der Waals surface area contributed by atoms with Gasteiger partial charge in [-0.1, -0.05) is 0 Å². The van der Waals surface area contributed by atoms with Crippen LogP contribution in [-0.4, -0.2) is 37.2 Å². The lowest BCUT2D eigenvalue weighted by Gasteiger charge is -2.19. The number of fused-ring (bicyclic) bond motifs is 1. The monoisotopic (exact) mass is 346 g/mol. The number of nitrogen functional groups attached to an aromatic ring is 1. The normalized spacial score (nSPS) is 12.5. The van der Waals surface area contributed by atoms with Crippen LogP contribution in [0.3, 0.4) is 0 Å². The van der Waals surface area contributed by atoms with Crippen LogP contribution in [0.1, 0.15) is 0 Å². The number of H-pyrrole nitrogens is 1. The van der Waals surface area contributed by atoms with Gasteiger partial charge in [0.05, 0.1) is 6.20 Å². The molecule has 12 heteroatoms. The van der Waals surface area contributed by atoms with Gasteiger partial charge in [0.2, 0.25) is 0 Å². The molecule has 3 aromatic heterocycles. The second kappa shape index (κ2) is 5.25. The molecule has 0 atom stereocenters. The molecule has 3 heterocycles. The molecule has 3 aromatic rings. The zero-order valence-corrected chi connectivity index (χ0v) is 11.5. The number of hydrogen-bond acceptors (Lipinski definition) is 6. The van der Waals surface area contributed by atoms with E-state index in [1.54, 1.807) is 0 Å². The van der Waals surface area contributed by atoms with Gasteiger partial charge < -0.3 is 15.5 Å². The lowest BCUT2D eigenvalue weighted by atomic mass is 10.3. The summed E-state index contributed by atoms with van der Waals surface area (Å²) in [6, 6.07) is 2.06. The van der Waals surface area contributed by atoms with Gasteiger partial charge in [-0.05, 0) is 12.1 Å². The van der Waals surface area contributed by atoms with E-state index in [0.29, 0.717) is 5.52 Å². The van der Waals surface area contributed by atoms with Crippen molar-refractivity contribution < 1.29 is 26.7 Å². The molecule has 7 nitrogen and oxygen atoms in total. The highest BCUT2D eigenvalue weighted by Gasteiger charge is 2.61. The number of aromatic nitrogens is 5. The van der Waals surface area contributed by atoms with E-state index in [1.165, 1.54) is 6.33 Å². The van der Waals surface area contributed by atoms with Gasteiger partial charge in [0.15, 0.2) is 17.3 Å². The maximum Gasteiger partial charge on any atom is 0.499 e. The summed E-state index contributed by atoms with van der Waals surface area (Å²) in [5.74, 6) is -0.425. The van der Waals surface area contributed by atoms with Crippen LogP contribution in [0.2, 0.25) is 0 Å². The molecule has 0 unspecified atom stereocenters. The van der Waals surface area contributed by atoms with E-state index in [-0.39, 0.29) is 23.0 Å². The van der Waals surface area contributed by atoms with Crippen LogP contribution in [0, 0.1) is 0 Å². The van der Waals surface area contributed by atoms with Crippen molar-refractivity contribution in [3.63, 3.8) is 0 Å². The zero-order chi connectivity index (χ0) is 17.5. The maximum atomic E-state index is 12.8. The molecule has 0 fully saturated rings. The molecule has 24 heavy (non-hydrogen) atoms. The van der Waals surface area contributed by atoms with Crippen LogP contribution >= 0.6 is 0 Å². The minimum Gasteiger partial charge on any atom is -0.424 e. The first-order valence-corrected chi connectivity index (χ1v) is 6.23. The number of nitrogens with one attached hydrogen (secondary N) is 1. The highest BCUT2D eigenvalue weighted by Crippen LogP contribution is 2.37. The number of rotatable bonds is 3. The number of hydrogen-bond donors (Lipinski definition) is 2. The van der Waals surface area contributed by atoms with E-state index in [1.807, 2.05) is 0 Å². The number of nitrogens with two attached hydrogens (primary N) is 1. The highest BCUT2D eigenvalue weighted by atomic mass is 19.4. The average molecular weight is 346 g/mol. The van der Waals surface area contributed by atoms with E-state index >= 15 is 0 Å². The van der Waals surface area contributed by atoms with Crippen molar-refractivity contribution in [2.45, 2.75) is 12.3 Å². The zero-order valence-electron chi connectivity index (χ0n) is 11.5. The Morgan fingerprint density at radius 1 is 1.04 bits per heavy atom. The SMILES string of the molecule is Nc1ncnc2nc(-c3ccc(OC(F)(F)C(F)(F)F)cn3)[nH]c12. The smallest absolute Gasteiger partial charge is 0.424 e. The third-order valence-corrected chi connectivity index (χ3v) is 2.87. The molecule has 0 aliphatic carbocycles. The third-order valence-electron chi connectivity index (χ3n) is 2.87. The standard InChI is InChI=1S/C12H7F5N6O/c13-11(14,15)12(16,17)24-5-1-2-6(19-3-5)9-22-7-8(18)20-4-21-10(7)23-9/h1-4H,(H3,18,20,21,22,23). The first-order valence-electron chi connectivity index (χ1n) is 6.23. The molecule has 3 N–H and O–H groups in total. The number of ether oxygens (including phenoxy) is 1. The Labute approximate surface area is 129 Å². The lowest BCUT2D eigenvalue weighted by Crippen LogP contribution is -2.41. The van der Waals surface area contributed by atoms with Crippen molar-refractivity contribution in [1.82, 2.24) is 24.9 Å². The molecule has 0 bridgehead atoms. The number of anilines is 1. The summed E-state index contributed by atoms with van der Waals surface area (Å²) in [6.45, 7) is 0. The van der Waals surface area contributed by atoms with Crippen molar-refractivity contribution in [3.8, 4) is 17.3 Å². The summed E-state index contributed by atoms with van der Waals surface area (Å²) >= 11 is 0. The van der Waals surface area contributed by atoms with Crippen molar-refractivity contribution in [2.75, 3.05) is 5.73 Å². The average Bonchev–Trinajstić information content (AvgIpc) is 2.92. The van der Waals surface area contributed by atoms with Gasteiger partial charge in [-0.3, -0.25) is 0 Å². The quantitative estimate of drug-likeness (QED) is 0.707. The van der Waals surface area contributed by atoms with Crippen molar-refractivity contribution in [1.29, 1.82) is 0 Å². The third kappa shape index (κ3) is 2.77. The van der Waals surface area contributed by atoms with E-state index in [9.17, 15) is 22.0 Å². The molecule has 0 aromatic carbocycles. The van der Waals surface area contributed by atoms with Crippen LogP contribution in [0.4, 0.5) is 27.8 Å². The fraction of sp³-hybridized carbons (Fsp3) is 0.167. The van der Waals surface area contributed by atoms with Gasteiger partial charge in [0, 0.05) is 0 Å². The Bertz CT molecular complexity index is 876. The van der Waals surface area contributed by atoms with Gasteiger partial charge in [0.25, 0.3) is 0 Å². The van der Waals surface area contributed by atoms with Crippen molar-refractivity contribution >= 4 is 17.0 Å². The van der Waals surface area contributed by atoms with Gasteiger partial charge in [-0.2, -0.15) is 22.0 Å². The summed E-state index contributed by atoms with van der Waals surface area (Å²) in [6.07, 6.45) is -9.23. The number of halogens is 5. The summed E-state index contributed by atoms with van der Waals surface area (Å²) < 4.78 is 65.5. The van der Waals surface area contributed by atoms with Crippen LogP contribution in [0.15, 0.2) is 24.7 Å². The van der Waals surface area contributed by atoms with Crippen molar-refractivity contribution in [3.05, 3.63) is 24.7 Å². The Balaban J connectivity index is 1.87. The predicted molar refractivity (Wildman–Crippen MR) is 71.0 cm³/mol. The summed E-state index contributed by atoms with van der Waals surface area (Å²) in [7, 11) is 0. The largest absolute Gasteiger partial charge is 0.499 e. The van der Waals surface area contributed by atoms with Gasteiger partial charge in [-0.25, -0.2) is 19.9 Å². The second-order valence-electron chi connectivity index (χ2n) is 4.54. The number of nitrogens with zero attached hydrogens (tertiary/aromatic N) is 4. The minimum absolute atomic E-state index is 0.142. The molecule has 0 saturated heterocycles. The van der Waals surface area contributed by atoms with E-state index < -0.39 is 18.0 Å². The van der Waals surface area contributed by atoms with Crippen LogP contribution < -0.4 is 10.5 Å². The Kier molecular flexibility index (Phi) is 3.46. The molecular weight excluding hydrogens is 339 g/mol. The molecule has 0 radical (unpaired) electrons. The fourth-order valence-electron chi connectivity index (χ4n) is 1.75. The first-order chi connectivity index (χ1) is 11.2.